The van der Waals surface area contributed by atoms with Crippen molar-refractivity contribution < 1.29 is 9.52 Å². The van der Waals surface area contributed by atoms with Crippen molar-refractivity contribution in [2.45, 2.75) is 33.4 Å². The molecule has 1 heterocycles. The third-order valence-corrected chi connectivity index (χ3v) is 3.76. The molecule has 0 aliphatic carbocycles. The van der Waals surface area contributed by atoms with Crippen molar-refractivity contribution in [1.82, 2.24) is 15.6 Å². The predicted octanol–water partition coefficient (Wildman–Crippen LogP) is 2.73. The van der Waals surface area contributed by atoms with Crippen LogP contribution < -0.4 is 10.6 Å². The molecule has 130 valence electrons. The summed E-state index contributed by atoms with van der Waals surface area (Å²) in [5, 5.41) is 17.1. The number of aliphatic hydroxyl groups excluding tert-OH is 1. The third-order valence-electron chi connectivity index (χ3n) is 3.51. The van der Waals surface area contributed by atoms with Crippen LogP contribution in [0.1, 0.15) is 35.9 Å². The van der Waals surface area contributed by atoms with Crippen LogP contribution in [0.15, 0.2) is 33.7 Å². The molecule has 2 aromatic rings. The van der Waals surface area contributed by atoms with Crippen LogP contribution >= 0.6 is 11.6 Å². The van der Waals surface area contributed by atoms with Crippen molar-refractivity contribution in [3.63, 3.8) is 0 Å². The third kappa shape index (κ3) is 5.25. The molecule has 7 heteroatoms. The quantitative estimate of drug-likeness (QED) is 0.551. The zero-order valence-electron chi connectivity index (χ0n) is 14.1. The summed E-state index contributed by atoms with van der Waals surface area (Å²) in [6.07, 6.45) is -0.655. The molecule has 1 aromatic carbocycles. The molecule has 0 bridgehead atoms. The molecule has 0 aliphatic rings. The molecule has 0 amide bonds. The van der Waals surface area contributed by atoms with Crippen molar-refractivity contribution >= 4 is 17.6 Å². The maximum atomic E-state index is 10.2. The van der Waals surface area contributed by atoms with Crippen molar-refractivity contribution in [2.75, 3.05) is 13.1 Å². The van der Waals surface area contributed by atoms with Gasteiger partial charge in [0.15, 0.2) is 5.96 Å². The van der Waals surface area contributed by atoms with Gasteiger partial charge in [-0.2, -0.15) is 0 Å². The topological polar surface area (TPSA) is 82.7 Å². The minimum atomic E-state index is -0.655. The Balaban J connectivity index is 1.94. The number of hydrogen-bond acceptors (Lipinski definition) is 4. The van der Waals surface area contributed by atoms with Crippen LogP contribution in [-0.2, 0) is 6.54 Å². The van der Waals surface area contributed by atoms with E-state index in [1.807, 2.05) is 20.8 Å². The number of hydrogen-bond donors (Lipinski definition) is 3. The Labute approximate surface area is 147 Å². The highest BCUT2D eigenvalue weighted by molar-refractivity contribution is 6.30. The lowest BCUT2D eigenvalue weighted by molar-refractivity contribution is 0.181. The average Bonchev–Trinajstić information content (AvgIpc) is 2.88. The minimum Gasteiger partial charge on any atom is -0.444 e. The molecule has 3 N–H and O–H groups in total. The van der Waals surface area contributed by atoms with Gasteiger partial charge in [-0.25, -0.2) is 9.98 Å². The van der Waals surface area contributed by atoms with Gasteiger partial charge in [-0.05, 0) is 38.5 Å². The average molecular weight is 351 g/mol. The maximum absolute atomic E-state index is 10.2. The number of benzene rings is 1. The first-order chi connectivity index (χ1) is 11.5. The number of aliphatic imine (C=N–C) groups is 1. The fourth-order valence-corrected chi connectivity index (χ4v) is 2.22. The molecule has 2 rings (SSSR count). The van der Waals surface area contributed by atoms with E-state index < -0.39 is 6.10 Å². The number of nitrogens with zero attached hydrogens (tertiary/aromatic N) is 2. The van der Waals surface area contributed by atoms with Gasteiger partial charge in [-0.3, -0.25) is 0 Å². The molecular weight excluding hydrogens is 328 g/mol. The molecule has 1 unspecified atom stereocenters. The fourth-order valence-electron chi connectivity index (χ4n) is 2.09. The van der Waals surface area contributed by atoms with E-state index in [9.17, 15) is 5.11 Å². The van der Waals surface area contributed by atoms with Gasteiger partial charge in [0.25, 0.3) is 0 Å². The summed E-state index contributed by atoms with van der Waals surface area (Å²) in [4.78, 5) is 8.73. The second kappa shape index (κ2) is 8.70. The summed E-state index contributed by atoms with van der Waals surface area (Å²) in [6.45, 7) is 7.14. The van der Waals surface area contributed by atoms with E-state index in [0.717, 1.165) is 17.0 Å². The van der Waals surface area contributed by atoms with Gasteiger partial charge in [-0.15, -0.1) is 0 Å². The number of halogens is 1. The van der Waals surface area contributed by atoms with Gasteiger partial charge >= 0.3 is 0 Å². The zero-order chi connectivity index (χ0) is 17.5. The normalized spacial score (nSPS) is 13.0. The van der Waals surface area contributed by atoms with E-state index in [0.29, 0.717) is 36.5 Å². The summed E-state index contributed by atoms with van der Waals surface area (Å²) < 4.78 is 5.51. The lowest BCUT2D eigenvalue weighted by Gasteiger charge is -2.15. The van der Waals surface area contributed by atoms with Gasteiger partial charge in [0, 0.05) is 18.1 Å². The largest absolute Gasteiger partial charge is 0.444 e. The summed E-state index contributed by atoms with van der Waals surface area (Å²) in [5.41, 5.74) is 1.66. The van der Waals surface area contributed by atoms with E-state index >= 15 is 0 Å². The molecule has 1 atom stereocenters. The number of aliphatic hydroxyl groups is 1. The van der Waals surface area contributed by atoms with Crippen molar-refractivity contribution in [1.29, 1.82) is 0 Å². The van der Waals surface area contributed by atoms with Crippen LogP contribution in [0.3, 0.4) is 0 Å². The van der Waals surface area contributed by atoms with Crippen LogP contribution in [-0.4, -0.2) is 29.1 Å². The van der Waals surface area contributed by atoms with Crippen LogP contribution in [0.25, 0.3) is 0 Å². The van der Waals surface area contributed by atoms with Gasteiger partial charge < -0.3 is 20.2 Å². The first kappa shape index (κ1) is 18.3. The minimum absolute atomic E-state index is 0.330. The predicted molar refractivity (Wildman–Crippen MR) is 95.2 cm³/mol. The summed E-state index contributed by atoms with van der Waals surface area (Å²) in [5.74, 6) is 1.97. The van der Waals surface area contributed by atoms with Gasteiger partial charge in [0.05, 0.1) is 11.8 Å². The number of oxazole rings is 1. The van der Waals surface area contributed by atoms with Gasteiger partial charge in [0.1, 0.15) is 12.3 Å². The van der Waals surface area contributed by atoms with Crippen molar-refractivity contribution in [3.05, 3.63) is 52.2 Å². The molecule has 6 nitrogen and oxygen atoms in total. The number of guanidine groups is 1. The highest BCUT2D eigenvalue weighted by atomic mass is 35.5. The first-order valence-corrected chi connectivity index (χ1v) is 8.26. The van der Waals surface area contributed by atoms with E-state index in [-0.39, 0.29) is 0 Å². The maximum Gasteiger partial charge on any atom is 0.216 e. The van der Waals surface area contributed by atoms with Gasteiger partial charge in [-0.1, -0.05) is 23.7 Å². The summed E-state index contributed by atoms with van der Waals surface area (Å²) >= 11 is 5.86. The lowest BCUT2D eigenvalue weighted by Crippen LogP contribution is -2.39. The smallest absolute Gasteiger partial charge is 0.216 e. The molecule has 24 heavy (non-hydrogen) atoms. The van der Waals surface area contributed by atoms with Gasteiger partial charge in [0.2, 0.25) is 5.89 Å². The zero-order valence-corrected chi connectivity index (χ0v) is 14.9. The molecule has 1 aromatic heterocycles. The molecule has 0 saturated heterocycles. The Bertz CT molecular complexity index is 663. The number of rotatable bonds is 6. The Kier molecular flexibility index (Phi) is 6.63. The molecule has 0 aliphatic heterocycles. The number of aromatic nitrogens is 1. The second-order valence-corrected chi connectivity index (χ2v) is 5.83. The fraction of sp³-hybridized carbons (Fsp3) is 0.412. The van der Waals surface area contributed by atoms with Crippen LogP contribution in [0.2, 0.25) is 5.02 Å². The molecule has 0 saturated carbocycles. The van der Waals surface area contributed by atoms with E-state index in [2.05, 4.69) is 20.6 Å². The van der Waals surface area contributed by atoms with E-state index in [1.54, 1.807) is 24.3 Å². The highest BCUT2D eigenvalue weighted by Gasteiger charge is 2.09. The number of nitrogens with one attached hydrogen (secondary N) is 2. The first-order valence-electron chi connectivity index (χ1n) is 7.88. The van der Waals surface area contributed by atoms with Crippen molar-refractivity contribution in [3.8, 4) is 0 Å². The SMILES string of the molecule is CCNC(=NCc1nc(C)c(C)o1)NCC(O)c1ccc(Cl)cc1. The number of aryl methyl sites for hydroxylation is 2. The van der Waals surface area contributed by atoms with E-state index in [1.165, 1.54) is 0 Å². The molecule has 0 fully saturated rings. The Morgan fingerprint density at radius 2 is 2.00 bits per heavy atom. The molecule has 0 spiro atoms. The Morgan fingerprint density at radius 3 is 2.58 bits per heavy atom. The van der Waals surface area contributed by atoms with Crippen molar-refractivity contribution in [2.24, 2.45) is 4.99 Å². The molecular formula is C17H23ClN4O2. The second-order valence-electron chi connectivity index (χ2n) is 5.39. The molecule has 0 radical (unpaired) electrons. The summed E-state index contributed by atoms with van der Waals surface area (Å²) in [6, 6.07) is 7.12. The Morgan fingerprint density at radius 1 is 1.29 bits per heavy atom. The van der Waals surface area contributed by atoms with Crippen LogP contribution in [0, 0.1) is 13.8 Å². The Hall–Kier alpha value is -2.05. The lowest BCUT2D eigenvalue weighted by atomic mass is 10.1. The highest BCUT2D eigenvalue weighted by Crippen LogP contribution is 2.15. The van der Waals surface area contributed by atoms with Crippen LogP contribution in [0.4, 0.5) is 0 Å². The standard InChI is InChI=1S/C17H23ClN4O2/c1-4-19-17(21-10-16-22-11(2)12(3)24-16)20-9-15(23)13-5-7-14(18)8-6-13/h5-8,15,23H,4,9-10H2,1-3H3,(H2,19,20,21). The monoisotopic (exact) mass is 350 g/mol. The summed E-state index contributed by atoms with van der Waals surface area (Å²) in [7, 11) is 0. The van der Waals surface area contributed by atoms with E-state index in [4.69, 9.17) is 16.0 Å². The van der Waals surface area contributed by atoms with Crippen LogP contribution in [0.5, 0.6) is 0 Å².